The Labute approximate surface area is 97.6 Å². The standard InChI is InChI=1S/C14H20O2/c1-5-12(6-2)14(15)16-13-9-10(3)7-8-11(13)4/h7-9,12H,5-6H2,1-4H3. The number of hydrogen-bond donors (Lipinski definition) is 0. The number of carbonyl (C=O) groups excluding carboxylic acids is 1. The molecule has 16 heavy (non-hydrogen) atoms. The van der Waals surface area contributed by atoms with E-state index >= 15 is 0 Å². The van der Waals surface area contributed by atoms with Gasteiger partial charge in [-0.25, -0.2) is 0 Å². The summed E-state index contributed by atoms with van der Waals surface area (Å²) in [5.74, 6) is 0.593. The third-order valence-electron chi connectivity index (χ3n) is 2.87. The Hall–Kier alpha value is -1.31. The number of carbonyl (C=O) groups is 1. The Bertz CT molecular complexity index is 365. The zero-order valence-corrected chi connectivity index (χ0v) is 10.5. The van der Waals surface area contributed by atoms with E-state index in [2.05, 4.69) is 0 Å². The Kier molecular flexibility index (Phi) is 4.53. The molecule has 0 aliphatic carbocycles. The van der Waals surface area contributed by atoms with Gasteiger partial charge in [-0.05, 0) is 43.9 Å². The highest BCUT2D eigenvalue weighted by Crippen LogP contribution is 2.21. The minimum absolute atomic E-state index is 0.0138. The molecular formula is C14H20O2. The molecule has 1 aromatic rings. The number of hydrogen-bond acceptors (Lipinski definition) is 2. The first-order valence-electron chi connectivity index (χ1n) is 5.87. The molecule has 2 nitrogen and oxygen atoms in total. The fourth-order valence-electron chi connectivity index (χ4n) is 1.63. The topological polar surface area (TPSA) is 26.3 Å². The van der Waals surface area contributed by atoms with Gasteiger partial charge in [-0.1, -0.05) is 26.0 Å². The second-order valence-electron chi connectivity index (χ2n) is 4.20. The van der Waals surface area contributed by atoms with Crippen LogP contribution >= 0.6 is 0 Å². The number of esters is 1. The average Bonchev–Trinajstić information content (AvgIpc) is 2.25. The maximum absolute atomic E-state index is 11.8. The normalized spacial score (nSPS) is 10.6. The van der Waals surface area contributed by atoms with Crippen LogP contribution in [0.15, 0.2) is 18.2 Å². The summed E-state index contributed by atoms with van der Waals surface area (Å²) in [5, 5.41) is 0. The highest BCUT2D eigenvalue weighted by Gasteiger charge is 2.17. The van der Waals surface area contributed by atoms with Gasteiger partial charge in [-0.2, -0.15) is 0 Å². The SMILES string of the molecule is CCC(CC)C(=O)Oc1cc(C)ccc1C. The van der Waals surface area contributed by atoms with Crippen LogP contribution in [-0.2, 0) is 4.79 Å². The molecule has 0 aliphatic rings. The van der Waals surface area contributed by atoms with Gasteiger partial charge in [0.25, 0.3) is 0 Å². The quantitative estimate of drug-likeness (QED) is 0.572. The minimum Gasteiger partial charge on any atom is -0.426 e. The Morgan fingerprint density at radius 2 is 1.88 bits per heavy atom. The van der Waals surface area contributed by atoms with E-state index in [0.717, 1.165) is 24.0 Å². The lowest BCUT2D eigenvalue weighted by Crippen LogP contribution is -2.19. The Balaban J connectivity index is 2.80. The van der Waals surface area contributed by atoms with Crippen molar-refractivity contribution >= 4 is 5.97 Å². The van der Waals surface area contributed by atoms with Gasteiger partial charge in [0, 0.05) is 0 Å². The van der Waals surface area contributed by atoms with Gasteiger partial charge < -0.3 is 4.74 Å². The summed E-state index contributed by atoms with van der Waals surface area (Å²) in [5.41, 5.74) is 2.11. The van der Waals surface area contributed by atoms with Crippen LogP contribution in [0.1, 0.15) is 37.8 Å². The molecule has 88 valence electrons. The van der Waals surface area contributed by atoms with E-state index in [0.29, 0.717) is 5.75 Å². The first-order chi connectivity index (χ1) is 7.58. The molecule has 0 aliphatic heterocycles. The van der Waals surface area contributed by atoms with Crippen molar-refractivity contribution in [1.82, 2.24) is 0 Å². The van der Waals surface area contributed by atoms with Crippen molar-refractivity contribution in [2.45, 2.75) is 40.5 Å². The van der Waals surface area contributed by atoms with Gasteiger partial charge in [-0.15, -0.1) is 0 Å². The highest BCUT2D eigenvalue weighted by atomic mass is 16.5. The molecule has 0 aromatic heterocycles. The summed E-state index contributed by atoms with van der Waals surface area (Å²) < 4.78 is 5.43. The van der Waals surface area contributed by atoms with Gasteiger partial charge in [0.15, 0.2) is 0 Å². The molecule has 0 fully saturated rings. The predicted molar refractivity (Wildman–Crippen MR) is 65.6 cm³/mol. The molecule has 0 bridgehead atoms. The summed E-state index contributed by atoms with van der Waals surface area (Å²) >= 11 is 0. The summed E-state index contributed by atoms with van der Waals surface area (Å²) in [7, 11) is 0. The molecule has 0 atom stereocenters. The fourth-order valence-corrected chi connectivity index (χ4v) is 1.63. The van der Waals surface area contributed by atoms with Crippen LogP contribution in [0.25, 0.3) is 0 Å². The molecule has 0 spiro atoms. The van der Waals surface area contributed by atoms with Crippen LogP contribution in [0.2, 0.25) is 0 Å². The van der Waals surface area contributed by atoms with Crippen molar-refractivity contribution in [1.29, 1.82) is 0 Å². The summed E-state index contributed by atoms with van der Waals surface area (Å²) in [4.78, 5) is 11.8. The van der Waals surface area contributed by atoms with Crippen LogP contribution < -0.4 is 4.74 Å². The van der Waals surface area contributed by atoms with E-state index in [4.69, 9.17) is 4.74 Å². The smallest absolute Gasteiger partial charge is 0.314 e. The minimum atomic E-state index is -0.112. The van der Waals surface area contributed by atoms with Crippen LogP contribution in [-0.4, -0.2) is 5.97 Å². The van der Waals surface area contributed by atoms with E-state index < -0.39 is 0 Å². The largest absolute Gasteiger partial charge is 0.426 e. The van der Waals surface area contributed by atoms with E-state index in [1.54, 1.807) is 0 Å². The third kappa shape index (κ3) is 3.09. The number of ether oxygens (including phenoxy) is 1. The van der Waals surface area contributed by atoms with E-state index in [9.17, 15) is 4.79 Å². The maximum Gasteiger partial charge on any atom is 0.314 e. The van der Waals surface area contributed by atoms with Crippen LogP contribution in [0.3, 0.4) is 0 Å². The lowest BCUT2D eigenvalue weighted by Gasteiger charge is -2.13. The van der Waals surface area contributed by atoms with E-state index in [1.807, 2.05) is 45.9 Å². The molecule has 1 aromatic carbocycles. The second kappa shape index (κ2) is 5.69. The first kappa shape index (κ1) is 12.8. The molecule has 0 amide bonds. The zero-order valence-electron chi connectivity index (χ0n) is 10.5. The van der Waals surface area contributed by atoms with E-state index in [1.165, 1.54) is 0 Å². The Morgan fingerprint density at radius 3 is 2.44 bits per heavy atom. The molecular weight excluding hydrogens is 200 g/mol. The first-order valence-corrected chi connectivity index (χ1v) is 5.87. The van der Waals surface area contributed by atoms with Gasteiger partial charge in [0.05, 0.1) is 5.92 Å². The summed E-state index contributed by atoms with van der Waals surface area (Å²) in [6.07, 6.45) is 1.67. The Morgan fingerprint density at radius 1 is 1.25 bits per heavy atom. The van der Waals surface area contributed by atoms with Crippen LogP contribution in [0.5, 0.6) is 5.75 Å². The van der Waals surface area contributed by atoms with Crippen molar-refractivity contribution in [2.75, 3.05) is 0 Å². The maximum atomic E-state index is 11.8. The van der Waals surface area contributed by atoms with Gasteiger partial charge in [0.2, 0.25) is 0 Å². The van der Waals surface area contributed by atoms with Crippen molar-refractivity contribution in [3.8, 4) is 5.75 Å². The lowest BCUT2D eigenvalue weighted by atomic mass is 10.0. The average molecular weight is 220 g/mol. The zero-order chi connectivity index (χ0) is 12.1. The molecule has 2 heteroatoms. The van der Waals surface area contributed by atoms with Gasteiger partial charge in [-0.3, -0.25) is 4.79 Å². The molecule has 0 radical (unpaired) electrons. The van der Waals surface area contributed by atoms with Crippen molar-refractivity contribution < 1.29 is 9.53 Å². The van der Waals surface area contributed by atoms with Crippen molar-refractivity contribution in [3.63, 3.8) is 0 Å². The number of aryl methyl sites for hydroxylation is 2. The lowest BCUT2D eigenvalue weighted by molar-refractivity contribution is -0.139. The van der Waals surface area contributed by atoms with Gasteiger partial charge >= 0.3 is 5.97 Å². The van der Waals surface area contributed by atoms with Crippen LogP contribution in [0, 0.1) is 19.8 Å². The third-order valence-corrected chi connectivity index (χ3v) is 2.87. The van der Waals surface area contributed by atoms with Crippen LogP contribution in [0.4, 0.5) is 0 Å². The molecule has 0 saturated carbocycles. The van der Waals surface area contributed by atoms with Crippen molar-refractivity contribution in [3.05, 3.63) is 29.3 Å². The number of rotatable bonds is 4. The molecule has 0 N–H and O–H groups in total. The summed E-state index contributed by atoms with van der Waals surface area (Å²) in [6, 6.07) is 5.91. The van der Waals surface area contributed by atoms with Crippen molar-refractivity contribution in [2.24, 2.45) is 5.92 Å². The second-order valence-corrected chi connectivity index (χ2v) is 4.20. The fraction of sp³-hybridized carbons (Fsp3) is 0.500. The monoisotopic (exact) mass is 220 g/mol. The predicted octanol–water partition coefficient (Wildman–Crippen LogP) is 3.65. The molecule has 0 heterocycles. The highest BCUT2D eigenvalue weighted by molar-refractivity contribution is 5.75. The molecule has 1 rings (SSSR count). The molecule has 0 unspecified atom stereocenters. The van der Waals surface area contributed by atoms with E-state index in [-0.39, 0.29) is 11.9 Å². The van der Waals surface area contributed by atoms with Gasteiger partial charge in [0.1, 0.15) is 5.75 Å². The molecule has 0 saturated heterocycles. The number of benzene rings is 1. The summed E-state index contributed by atoms with van der Waals surface area (Å²) in [6.45, 7) is 7.97.